The molecule has 0 radical (unpaired) electrons. The summed E-state index contributed by atoms with van der Waals surface area (Å²) in [7, 11) is 0. The van der Waals surface area contributed by atoms with Gasteiger partial charge in [-0.15, -0.1) is 0 Å². The Balaban J connectivity index is 1.26. The van der Waals surface area contributed by atoms with Crippen LogP contribution in [0.1, 0.15) is 40.0 Å². The summed E-state index contributed by atoms with van der Waals surface area (Å²) < 4.78 is 49.0. The largest absolute Gasteiger partial charge is 0.459 e. The third kappa shape index (κ3) is 5.47. The van der Waals surface area contributed by atoms with Gasteiger partial charge in [-0.2, -0.15) is 13.2 Å². The van der Waals surface area contributed by atoms with Crippen LogP contribution in [0.2, 0.25) is 0 Å². The van der Waals surface area contributed by atoms with Crippen LogP contribution in [0.25, 0.3) is 11.5 Å². The van der Waals surface area contributed by atoms with E-state index in [-0.39, 0.29) is 30.0 Å². The number of ether oxygens (including phenoxy) is 1. The van der Waals surface area contributed by atoms with Crippen molar-refractivity contribution in [3.8, 4) is 11.5 Å². The summed E-state index contributed by atoms with van der Waals surface area (Å²) in [6.45, 7) is 2.61. The van der Waals surface area contributed by atoms with Gasteiger partial charge in [0.2, 0.25) is 5.89 Å². The maximum atomic E-state index is 12.7. The SMILES string of the molecule is Cc1ccc(-c2nc(COC(=O)C3CCN(C(=O)c4ccc(C(F)(F)F)cc4)CC3)co2)cc1. The van der Waals surface area contributed by atoms with Crippen LogP contribution in [0.4, 0.5) is 13.2 Å². The molecule has 0 unspecified atom stereocenters. The number of benzene rings is 2. The van der Waals surface area contributed by atoms with E-state index in [1.165, 1.54) is 23.3 Å². The van der Waals surface area contributed by atoms with E-state index in [0.717, 1.165) is 23.3 Å². The lowest BCUT2D eigenvalue weighted by molar-refractivity contribution is -0.151. The van der Waals surface area contributed by atoms with Crippen molar-refractivity contribution in [1.82, 2.24) is 9.88 Å². The molecule has 0 spiro atoms. The third-order valence-electron chi connectivity index (χ3n) is 5.79. The predicted molar refractivity (Wildman–Crippen MR) is 117 cm³/mol. The monoisotopic (exact) mass is 472 g/mol. The summed E-state index contributed by atoms with van der Waals surface area (Å²) in [5.74, 6) is -0.644. The van der Waals surface area contributed by atoms with E-state index in [1.54, 1.807) is 0 Å². The van der Waals surface area contributed by atoms with Gasteiger partial charge in [-0.05, 0) is 56.2 Å². The van der Waals surface area contributed by atoms with Crippen LogP contribution in [0.3, 0.4) is 0 Å². The molecule has 0 N–H and O–H groups in total. The number of piperidine rings is 1. The fourth-order valence-corrected chi connectivity index (χ4v) is 3.77. The molecule has 6 nitrogen and oxygen atoms in total. The lowest BCUT2D eigenvalue weighted by Gasteiger charge is -2.31. The quantitative estimate of drug-likeness (QED) is 0.474. The minimum absolute atomic E-state index is 0.0150. The molecule has 1 aromatic heterocycles. The first-order valence-corrected chi connectivity index (χ1v) is 10.9. The number of esters is 1. The highest BCUT2D eigenvalue weighted by Crippen LogP contribution is 2.29. The van der Waals surface area contributed by atoms with Crippen molar-refractivity contribution in [2.24, 2.45) is 5.92 Å². The van der Waals surface area contributed by atoms with Crippen molar-refractivity contribution < 1.29 is 31.9 Å². The van der Waals surface area contributed by atoms with Gasteiger partial charge in [0, 0.05) is 24.2 Å². The number of hydrogen-bond donors (Lipinski definition) is 0. The van der Waals surface area contributed by atoms with Crippen LogP contribution in [-0.2, 0) is 22.3 Å². The maximum Gasteiger partial charge on any atom is 0.416 e. The average Bonchev–Trinajstić information content (AvgIpc) is 3.31. The number of hydrogen-bond acceptors (Lipinski definition) is 5. The summed E-state index contributed by atoms with van der Waals surface area (Å²) in [6.07, 6.45) is -2.17. The Morgan fingerprint density at radius 3 is 2.32 bits per heavy atom. The number of aromatic nitrogens is 1. The highest BCUT2D eigenvalue weighted by Gasteiger charge is 2.32. The number of oxazole rings is 1. The van der Waals surface area contributed by atoms with Gasteiger partial charge in [-0.1, -0.05) is 17.7 Å². The number of nitrogens with zero attached hydrogens (tertiary/aromatic N) is 2. The number of carbonyl (C=O) groups excluding carboxylic acids is 2. The number of amides is 1. The highest BCUT2D eigenvalue weighted by atomic mass is 19.4. The Kier molecular flexibility index (Phi) is 6.72. The van der Waals surface area contributed by atoms with Crippen molar-refractivity contribution in [3.05, 3.63) is 77.2 Å². The second-order valence-corrected chi connectivity index (χ2v) is 8.26. The maximum absolute atomic E-state index is 12.7. The van der Waals surface area contributed by atoms with Gasteiger partial charge in [0.15, 0.2) is 0 Å². The molecule has 1 saturated heterocycles. The van der Waals surface area contributed by atoms with Crippen LogP contribution < -0.4 is 0 Å². The van der Waals surface area contributed by atoms with Gasteiger partial charge in [0.25, 0.3) is 5.91 Å². The van der Waals surface area contributed by atoms with E-state index in [1.807, 2.05) is 31.2 Å². The first-order chi connectivity index (χ1) is 16.2. The van der Waals surface area contributed by atoms with Crippen molar-refractivity contribution in [1.29, 1.82) is 0 Å². The lowest BCUT2D eigenvalue weighted by Crippen LogP contribution is -2.40. The Hall–Kier alpha value is -3.62. The second kappa shape index (κ2) is 9.70. The molecule has 4 rings (SSSR count). The Bertz CT molecular complexity index is 1150. The first kappa shape index (κ1) is 23.5. The van der Waals surface area contributed by atoms with E-state index in [0.29, 0.717) is 37.5 Å². The van der Waals surface area contributed by atoms with E-state index in [2.05, 4.69) is 4.98 Å². The molecule has 1 aliphatic rings. The fourth-order valence-electron chi connectivity index (χ4n) is 3.77. The van der Waals surface area contributed by atoms with Crippen LogP contribution in [0, 0.1) is 12.8 Å². The summed E-state index contributed by atoms with van der Waals surface area (Å²) >= 11 is 0. The first-order valence-electron chi connectivity index (χ1n) is 10.9. The van der Waals surface area contributed by atoms with Crippen LogP contribution >= 0.6 is 0 Å². The Morgan fingerprint density at radius 2 is 1.71 bits per heavy atom. The molecule has 2 heterocycles. The van der Waals surface area contributed by atoms with Gasteiger partial charge < -0.3 is 14.1 Å². The number of rotatable bonds is 5. The van der Waals surface area contributed by atoms with Crippen molar-refractivity contribution in [2.45, 2.75) is 32.5 Å². The van der Waals surface area contributed by atoms with E-state index in [4.69, 9.17) is 9.15 Å². The third-order valence-corrected chi connectivity index (χ3v) is 5.79. The standard InChI is InChI=1S/C25H23F3N2O4/c1-16-2-4-17(5-3-16)22-29-21(14-33-22)15-34-24(32)19-10-12-30(13-11-19)23(31)18-6-8-20(9-7-18)25(26,27)28/h2-9,14,19H,10-13,15H2,1H3. The van der Waals surface area contributed by atoms with Crippen LogP contribution in [0.5, 0.6) is 0 Å². The smallest absolute Gasteiger partial charge is 0.416 e. The highest BCUT2D eigenvalue weighted by molar-refractivity contribution is 5.94. The molecule has 3 aromatic rings. The van der Waals surface area contributed by atoms with Gasteiger partial charge in [-0.25, -0.2) is 4.98 Å². The molecule has 0 saturated carbocycles. The summed E-state index contributed by atoms with van der Waals surface area (Å²) in [5, 5.41) is 0. The van der Waals surface area contributed by atoms with E-state index >= 15 is 0 Å². The van der Waals surface area contributed by atoms with Gasteiger partial charge in [-0.3, -0.25) is 9.59 Å². The van der Waals surface area contributed by atoms with Crippen LogP contribution in [0.15, 0.2) is 59.2 Å². The molecule has 1 aliphatic heterocycles. The zero-order valence-corrected chi connectivity index (χ0v) is 18.5. The van der Waals surface area contributed by atoms with Gasteiger partial charge >= 0.3 is 12.1 Å². The van der Waals surface area contributed by atoms with E-state index < -0.39 is 11.7 Å². The topological polar surface area (TPSA) is 72.6 Å². The molecule has 1 amide bonds. The average molecular weight is 472 g/mol. The number of likely N-dealkylation sites (tertiary alicyclic amines) is 1. The van der Waals surface area contributed by atoms with Crippen LogP contribution in [-0.4, -0.2) is 34.8 Å². The Morgan fingerprint density at radius 1 is 1.06 bits per heavy atom. The summed E-state index contributed by atoms with van der Waals surface area (Å²) in [4.78, 5) is 31.0. The lowest BCUT2D eigenvalue weighted by atomic mass is 9.96. The Labute approximate surface area is 194 Å². The number of carbonyl (C=O) groups is 2. The number of halogens is 3. The van der Waals surface area contributed by atoms with Crippen molar-refractivity contribution >= 4 is 11.9 Å². The van der Waals surface area contributed by atoms with Gasteiger partial charge in [0.1, 0.15) is 18.6 Å². The van der Waals surface area contributed by atoms with Gasteiger partial charge in [0.05, 0.1) is 11.5 Å². The molecular weight excluding hydrogens is 449 g/mol. The molecule has 1 fully saturated rings. The van der Waals surface area contributed by atoms with Crippen molar-refractivity contribution in [2.75, 3.05) is 13.1 Å². The molecule has 178 valence electrons. The predicted octanol–water partition coefficient (Wildman–Crippen LogP) is 5.26. The van der Waals surface area contributed by atoms with E-state index in [9.17, 15) is 22.8 Å². The normalized spacial score (nSPS) is 14.8. The number of aryl methyl sites for hydroxylation is 1. The molecule has 9 heteroatoms. The second-order valence-electron chi connectivity index (χ2n) is 8.26. The zero-order chi connectivity index (χ0) is 24.3. The zero-order valence-electron chi connectivity index (χ0n) is 18.5. The summed E-state index contributed by atoms with van der Waals surface area (Å²) in [6, 6.07) is 11.8. The molecule has 34 heavy (non-hydrogen) atoms. The molecule has 0 bridgehead atoms. The molecule has 0 aliphatic carbocycles. The molecular formula is C25H23F3N2O4. The minimum Gasteiger partial charge on any atom is -0.459 e. The minimum atomic E-state index is -4.45. The van der Waals surface area contributed by atoms with Crippen molar-refractivity contribution in [3.63, 3.8) is 0 Å². The summed E-state index contributed by atoms with van der Waals surface area (Å²) in [5.41, 5.74) is 1.83. The molecule has 0 atom stereocenters. The fraction of sp³-hybridized carbons (Fsp3) is 0.320. The number of alkyl halides is 3. The molecule has 2 aromatic carbocycles.